The first-order valence-electron chi connectivity index (χ1n) is 10.5. The molecule has 5 rings (SSSR count). The molecule has 0 aliphatic carbocycles. The van der Waals surface area contributed by atoms with Crippen LogP contribution in [0.3, 0.4) is 0 Å². The Hall–Kier alpha value is -3.39. The maximum absolute atomic E-state index is 12.9. The second-order valence-electron chi connectivity index (χ2n) is 7.85. The number of halogens is 1. The van der Waals surface area contributed by atoms with Gasteiger partial charge in [-0.3, -0.25) is 9.59 Å². The number of hydrogen-bond acceptors (Lipinski definition) is 3. The van der Waals surface area contributed by atoms with E-state index in [1.807, 2.05) is 57.8 Å². The quantitative estimate of drug-likeness (QED) is 0.400. The molecule has 2 aromatic carbocycles. The third-order valence-electron chi connectivity index (χ3n) is 5.70. The topological polar surface area (TPSA) is 81.0 Å². The molecule has 4 aromatic rings. The van der Waals surface area contributed by atoms with Crippen molar-refractivity contribution in [1.29, 1.82) is 0 Å². The number of nitrogens with one attached hydrogen (secondary N) is 2. The average Bonchev–Trinajstić information content (AvgIpc) is 3.35. The van der Waals surface area contributed by atoms with Gasteiger partial charge >= 0.3 is 0 Å². The van der Waals surface area contributed by atoms with E-state index >= 15 is 0 Å². The number of aromatic nitrogens is 3. The molecule has 0 saturated carbocycles. The van der Waals surface area contributed by atoms with Crippen molar-refractivity contribution in [3.8, 4) is 11.3 Å². The summed E-state index contributed by atoms with van der Waals surface area (Å²) in [7, 11) is 0. The van der Waals surface area contributed by atoms with Gasteiger partial charge in [0.05, 0.1) is 24.1 Å². The fourth-order valence-corrected chi connectivity index (χ4v) is 4.67. The number of benzene rings is 2. The maximum Gasteiger partial charge on any atom is 0.239 e. The summed E-state index contributed by atoms with van der Waals surface area (Å²) in [5.74, 6) is -0.113. The largest absolute Gasteiger partial charge is 0.354 e. The number of imidazole rings is 1. The number of para-hydroxylation sites is 1. The third-order valence-corrected chi connectivity index (χ3v) is 6.19. The van der Waals surface area contributed by atoms with Gasteiger partial charge in [0.2, 0.25) is 11.8 Å². The summed E-state index contributed by atoms with van der Waals surface area (Å²) < 4.78 is 4.96. The van der Waals surface area contributed by atoms with Crippen LogP contribution in [0, 0.1) is 0 Å². The minimum Gasteiger partial charge on any atom is -0.354 e. The molecule has 3 heterocycles. The van der Waals surface area contributed by atoms with Gasteiger partial charge in [0.1, 0.15) is 6.54 Å². The molecule has 0 bridgehead atoms. The van der Waals surface area contributed by atoms with E-state index < -0.39 is 0 Å². The highest BCUT2D eigenvalue weighted by Gasteiger charge is 2.26. The van der Waals surface area contributed by atoms with Crippen LogP contribution in [-0.2, 0) is 29.1 Å². The Morgan fingerprint density at radius 3 is 2.94 bits per heavy atom. The minimum absolute atomic E-state index is 0.0562. The Kier molecular flexibility index (Phi) is 5.53. The van der Waals surface area contributed by atoms with Crippen molar-refractivity contribution in [3.05, 3.63) is 71.2 Å². The van der Waals surface area contributed by atoms with E-state index in [-0.39, 0.29) is 24.8 Å². The standard InChI is InChI=1S/C24H22BrN5O2/c25-16-6-7-21-18(12-16)19-13-22(31)28-20-5-2-1-4-17(20)24(19)30(21)14-23(32)27-8-3-10-29-11-9-26-15-29/h1-2,4-7,9,11-12,15H,3,8,10,13-14H2,(H,27,32)(H,28,31). The SMILES string of the molecule is O=C(Cn1c2c(c3cc(Br)ccc31)CC(=O)Nc1ccccc1-2)NCCCn1ccnc1. The van der Waals surface area contributed by atoms with Gasteiger partial charge in [-0.05, 0) is 36.2 Å². The fraction of sp³-hybridized carbons (Fsp3) is 0.208. The predicted octanol–water partition coefficient (Wildman–Crippen LogP) is 3.97. The van der Waals surface area contributed by atoms with Gasteiger partial charge in [0.15, 0.2) is 0 Å². The number of fused-ring (bicyclic) bond motifs is 5. The summed E-state index contributed by atoms with van der Waals surface area (Å²) >= 11 is 3.55. The number of carbonyl (C=O) groups excluding carboxylic acids is 2. The van der Waals surface area contributed by atoms with Crippen molar-refractivity contribution in [2.24, 2.45) is 0 Å². The number of carbonyl (C=O) groups is 2. The number of nitrogens with zero attached hydrogens (tertiary/aromatic N) is 3. The van der Waals surface area contributed by atoms with E-state index in [1.54, 1.807) is 12.5 Å². The Balaban J connectivity index is 1.47. The molecule has 162 valence electrons. The molecule has 0 radical (unpaired) electrons. The maximum atomic E-state index is 12.9. The molecule has 0 fully saturated rings. The smallest absolute Gasteiger partial charge is 0.239 e. The number of aryl methyl sites for hydroxylation is 1. The van der Waals surface area contributed by atoms with Gasteiger partial charge in [0, 0.05) is 46.4 Å². The highest BCUT2D eigenvalue weighted by atomic mass is 79.9. The highest BCUT2D eigenvalue weighted by Crippen LogP contribution is 2.40. The zero-order valence-electron chi connectivity index (χ0n) is 17.3. The lowest BCUT2D eigenvalue weighted by Gasteiger charge is -2.14. The lowest BCUT2D eigenvalue weighted by Crippen LogP contribution is -2.29. The monoisotopic (exact) mass is 491 g/mol. The average molecular weight is 492 g/mol. The van der Waals surface area contributed by atoms with Gasteiger partial charge in [-0.2, -0.15) is 0 Å². The molecular formula is C24H22BrN5O2. The zero-order chi connectivity index (χ0) is 22.1. The van der Waals surface area contributed by atoms with Crippen LogP contribution >= 0.6 is 15.9 Å². The van der Waals surface area contributed by atoms with Gasteiger partial charge in [0.25, 0.3) is 0 Å². The summed E-state index contributed by atoms with van der Waals surface area (Å²) in [5, 5.41) is 7.01. The Bertz CT molecular complexity index is 1310. The third kappa shape index (κ3) is 3.93. The minimum atomic E-state index is -0.0563. The molecule has 0 unspecified atom stereocenters. The molecule has 2 amide bonds. The van der Waals surface area contributed by atoms with Crippen LogP contribution in [0.1, 0.15) is 12.0 Å². The summed E-state index contributed by atoms with van der Waals surface area (Å²) in [6, 6.07) is 13.7. The van der Waals surface area contributed by atoms with Crippen LogP contribution in [0.25, 0.3) is 22.2 Å². The molecule has 2 aromatic heterocycles. The van der Waals surface area contributed by atoms with E-state index in [1.165, 1.54) is 0 Å². The Labute approximate surface area is 193 Å². The van der Waals surface area contributed by atoms with Crippen LogP contribution in [0.15, 0.2) is 65.7 Å². The number of amides is 2. The lowest BCUT2D eigenvalue weighted by molar-refractivity contribution is -0.121. The van der Waals surface area contributed by atoms with Gasteiger partial charge in [-0.1, -0.05) is 34.1 Å². The summed E-state index contributed by atoms with van der Waals surface area (Å²) in [5.41, 5.74) is 4.49. The highest BCUT2D eigenvalue weighted by molar-refractivity contribution is 9.10. The first-order valence-corrected chi connectivity index (χ1v) is 11.3. The van der Waals surface area contributed by atoms with Crippen LogP contribution in [0.2, 0.25) is 0 Å². The molecule has 1 aliphatic heterocycles. The molecule has 0 saturated heterocycles. The van der Waals surface area contributed by atoms with Gasteiger partial charge in [-0.25, -0.2) is 4.98 Å². The molecule has 7 nitrogen and oxygen atoms in total. The van der Waals surface area contributed by atoms with Crippen LogP contribution in [0.4, 0.5) is 5.69 Å². The van der Waals surface area contributed by atoms with Crippen molar-refractivity contribution < 1.29 is 9.59 Å². The molecule has 8 heteroatoms. The Morgan fingerprint density at radius 2 is 2.09 bits per heavy atom. The molecular weight excluding hydrogens is 470 g/mol. The number of anilines is 1. The van der Waals surface area contributed by atoms with Crippen molar-refractivity contribution in [2.75, 3.05) is 11.9 Å². The number of rotatable bonds is 6. The van der Waals surface area contributed by atoms with E-state index in [0.29, 0.717) is 6.54 Å². The lowest BCUT2D eigenvalue weighted by atomic mass is 10.0. The van der Waals surface area contributed by atoms with E-state index in [2.05, 4.69) is 31.5 Å². The fourth-order valence-electron chi connectivity index (χ4n) is 4.31. The predicted molar refractivity (Wildman–Crippen MR) is 127 cm³/mol. The second kappa shape index (κ2) is 8.63. The van der Waals surface area contributed by atoms with Gasteiger partial charge in [-0.15, -0.1) is 0 Å². The molecule has 32 heavy (non-hydrogen) atoms. The van der Waals surface area contributed by atoms with E-state index in [4.69, 9.17) is 0 Å². The molecule has 1 aliphatic rings. The van der Waals surface area contributed by atoms with Crippen molar-refractivity contribution in [3.63, 3.8) is 0 Å². The first kappa shape index (κ1) is 20.5. The van der Waals surface area contributed by atoms with Crippen LogP contribution < -0.4 is 10.6 Å². The molecule has 0 atom stereocenters. The van der Waals surface area contributed by atoms with Gasteiger partial charge < -0.3 is 19.8 Å². The Morgan fingerprint density at radius 1 is 1.22 bits per heavy atom. The molecule has 2 N–H and O–H groups in total. The summed E-state index contributed by atoms with van der Waals surface area (Å²) in [6.45, 7) is 1.57. The molecule has 0 spiro atoms. The van der Waals surface area contributed by atoms with Crippen LogP contribution in [0.5, 0.6) is 0 Å². The van der Waals surface area contributed by atoms with Crippen molar-refractivity contribution in [1.82, 2.24) is 19.4 Å². The normalized spacial score (nSPS) is 12.7. The first-order chi connectivity index (χ1) is 15.6. The zero-order valence-corrected chi connectivity index (χ0v) is 18.9. The van der Waals surface area contributed by atoms with Crippen LogP contribution in [-0.4, -0.2) is 32.5 Å². The number of hydrogen-bond donors (Lipinski definition) is 2. The summed E-state index contributed by atoms with van der Waals surface area (Å²) in [6.07, 6.45) is 6.51. The van der Waals surface area contributed by atoms with Crippen molar-refractivity contribution in [2.45, 2.75) is 25.9 Å². The summed E-state index contributed by atoms with van der Waals surface area (Å²) in [4.78, 5) is 29.5. The van der Waals surface area contributed by atoms with Crippen molar-refractivity contribution >= 4 is 44.3 Å². The van der Waals surface area contributed by atoms with E-state index in [0.717, 1.165) is 50.8 Å². The second-order valence-corrected chi connectivity index (χ2v) is 8.77. The van der Waals surface area contributed by atoms with E-state index in [9.17, 15) is 9.59 Å².